The Balaban J connectivity index is 1.55. The van der Waals surface area contributed by atoms with E-state index < -0.39 is 11.5 Å². The number of hydrogen-bond donors (Lipinski definition) is 2. The van der Waals surface area contributed by atoms with Gasteiger partial charge < -0.3 is 14.7 Å². The first-order valence-electron chi connectivity index (χ1n) is 12.0. The van der Waals surface area contributed by atoms with Crippen LogP contribution in [0.1, 0.15) is 43.2 Å². The maximum atomic E-state index is 12.2. The van der Waals surface area contributed by atoms with Crippen LogP contribution >= 0.6 is 0 Å². The van der Waals surface area contributed by atoms with E-state index in [2.05, 4.69) is 11.6 Å². The molecule has 4 aliphatic rings. The molecule has 3 atom stereocenters. The van der Waals surface area contributed by atoms with Crippen LogP contribution in [0.4, 0.5) is 5.69 Å². The summed E-state index contributed by atoms with van der Waals surface area (Å²) in [5.74, 6) is -0.0863. The van der Waals surface area contributed by atoms with E-state index in [-0.39, 0.29) is 12.0 Å². The second-order valence-corrected chi connectivity index (χ2v) is 9.84. The van der Waals surface area contributed by atoms with Gasteiger partial charge in [0.2, 0.25) is 6.41 Å². The molecule has 5 rings (SSSR count). The Bertz CT molecular complexity index is 1070. The van der Waals surface area contributed by atoms with Gasteiger partial charge >= 0.3 is 0 Å². The van der Waals surface area contributed by atoms with Crippen molar-refractivity contribution in [1.82, 2.24) is 20.5 Å². The molecule has 0 aromatic heterocycles. The Morgan fingerprint density at radius 2 is 2.12 bits per heavy atom. The first-order chi connectivity index (χ1) is 16.4. The van der Waals surface area contributed by atoms with Crippen molar-refractivity contribution in [1.29, 1.82) is 5.26 Å². The summed E-state index contributed by atoms with van der Waals surface area (Å²) in [6.45, 7) is 3.61. The van der Waals surface area contributed by atoms with Gasteiger partial charge in [-0.2, -0.15) is 5.26 Å². The number of nitriles is 1. The lowest BCUT2D eigenvalue weighted by atomic mass is 9.73. The summed E-state index contributed by atoms with van der Waals surface area (Å²) < 4.78 is 6.24. The first-order valence-corrected chi connectivity index (χ1v) is 12.0. The Kier molecular flexibility index (Phi) is 5.84. The standard InChI is InChI=1S/C25H32N6O3/c1-4-21-24(34-14-16-5-6-16)20(10-26)19-9-17(7-8-22(19)27-21)25(33,18-11-31(12-18)15-32)23-13-29(2)28-30(23)3/h7-9,13,15-16,18,20,24,28,33H,4-6,11-12,14H2,1-3H3. The molecule has 1 aromatic carbocycles. The van der Waals surface area contributed by atoms with Gasteiger partial charge in [-0.1, -0.05) is 13.0 Å². The number of carbonyl (C=O) groups excluding carboxylic acids is 1. The summed E-state index contributed by atoms with van der Waals surface area (Å²) in [5, 5.41) is 26.0. The maximum Gasteiger partial charge on any atom is 0.209 e. The number of carbonyl (C=O) groups is 1. The van der Waals surface area contributed by atoms with E-state index in [4.69, 9.17) is 9.73 Å². The van der Waals surface area contributed by atoms with Gasteiger partial charge in [0, 0.05) is 45.0 Å². The average Bonchev–Trinajstić information content (AvgIpc) is 3.57. The summed E-state index contributed by atoms with van der Waals surface area (Å²) in [4.78, 5) is 17.8. The largest absolute Gasteiger partial charge is 0.378 e. The van der Waals surface area contributed by atoms with Gasteiger partial charge in [-0.3, -0.25) is 19.8 Å². The van der Waals surface area contributed by atoms with Gasteiger partial charge in [0.05, 0.1) is 24.1 Å². The van der Waals surface area contributed by atoms with Crippen molar-refractivity contribution in [3.63, 3.8) is 0 Å². The first kappa shape index (κ1) is 22.8. The highest BCUT2D eigenvalue weighted by molar-refractivity contribution is 5.94. The smallest absolute Gasteiger partial charge is 0.209 e. The molecule has 1 saturated carbocycles. The summed E-state index contributed by atoms with van der Waals surface area (Å²) in [7, 11) is 3.72. The van der Waals surface area contributed by atoms with Crippen molar-refractivity contribution >= 4 is 17.8 Å². The molecule has 1 aliphatic carbocycles. The number of amides is 1. The van der Waals surface area contributed by atoms with Crippen LogP contribution in [0.3, 0.4) is 0 Å². The van der Waals surface area contributed by atoms with Crippen molar-refractivity contribution in [3.05, 3.63) is 41.2 Å². The molecular weight excluding hydrogens is 432 g/mol. The lowest BCUT2D eigenvalue weighted by molar-refractivity contribution is -0.133. The molecule has 0 spiro atoms. The van der Waals surface area contributed by atoms with Gasteiger partial charge in [0.25, 0.3) is 0 Å². The number of nitrogens with one attached hydrogen (secondary N) is 1. The molecular formula is C25H32N6O3. The van der Waals surface area contributed by atoms with E-state index in [0.29, 0.717) is 36.9 Å². The predicted molar refractivity (Wildman–Crippen MR) is 126 cm³/mol. The molecule has 34 heavy (non-hydrogen) atoms. The number of nitrogens with zero attached hydrogens (tertiary/aromatic N) is 5. The second-order valence-electron chi connectivity index (χ2n) is 9.84. The van der Waals surface area contributed by atoms with Gasteiger partial charge in [-0.25, -0.2) is 0 Å². The van der Waals surface area contributed by atoms with Crippen LogP contribution in [-0.4, -0.2) is 72.0 Å². The molecule has 2 fully saturated rings. The monoisotopic (exact) mass is 464 g/mol. The molecule has 0 radical (unpaired) electrons. The number of likely N-dealkylation sites (N-methyl/N-ethyl adjacent to an activating group) is 1. The molecule has 180 valence electrons. The number of rotatable bonds is 8. The highest BCUT2D eigenvalue weighted by atomic mass is 16.5. The molecule has 3 aliphatic heterocycles. The third-order valence-corrected chi connectivity index (χ3v) is 7.43. The van der Waals surface area contributed by atoms with E-state index in [1.54, 1.807) is 14.9 Å². The van der Waals surface area contributed by atoms with E-state index in [1.807, 2.05) is 45.4 Å². The van der Waals surface area contributed by atoms with Crippen LogP contribution < -0.4 is 5.53 Å². The van der Waals surface area contributed by atoms with Gasteiger partial charge in [-0.15, -0.1) is 5.53 Å². The molecule has 9 nitrogen and oxygen atoms in total. The number of hydrogen-bond acceptors (Lipinski definition) is 8. The highest BCUT2D eigenvalue weighted by Crippen LogP contribution is 2.46. The predicted octanol–water partition coefficient (Wildman–Crippen LogP) is 2.00. The zero-order chi connectivity index (χ0) is 24.0. The van der Waals surface area contributed by atoms with Crippen LogP contribution in [0.15, 0.2) is 35.1 Å². The van der Waals surface area contributed by atoms with Crippen LogP contribution in [0, 0.1) is 23.2 Å². The van der Waals surface area contributed by atoms with E-state index in [0.717, 1.165) is 29.8 Å². The van der Waals surface area contributed by atoms with E-state index in [1.165, 1.54) is 12.8 Å². The number of benzene rings is 1. The molecule has 1 amide bonds. The Morgan fingerprint density at radius 1 is 1.35 bits per heavy atom. The summed E-state index contributed by atoms with van der Waals surface area (Å²) in [5.41, 5.74) is 5.61. The number of fused-ring (bicyclic) bond motifs is 1. The lowest BCUT2D eigenvalue weighted by Gasteiger charge is -2.48. The minimum absolute atomic E-state index is 0.182. The highest BCUT2D eigenvalue weighted by Gasteiger charge is 2.51. The minimum Gasteiger partial charge on any atom is -0.378 e. The minimum atomic E-state index is -1.35. The molecule has 1 saturated heterocycles. The third-order valence-electron chi connectivity index (χ3n) is 7.43. The fraction of sp³-hybridized carbons (Fsp3) is 0.560. The molecule has 3 heterocycles. The van der Waals surface area contributed by atoms with Crippen molar-refractivity contribution in [2.45, 2.75) is 43.8 Å². The average molecular weight is 465 g/mol. The zero-order valence-electron chi connectivity index (χ0n) is 19.9. The SMILES string of the molecule is CCC1=Nc2ccc(C(O)(C3=CN(C)NN3C)C3CN(C=O)C3)cc2C(C#N)C1OCC1CC1. The van der Waals surface area contributed by atoms with Crippen molar-refractivity contribution < 1.29 is 14.6 Å². The number of hydrazine groups is 2. The fourth-order valence-electron chi connectivity index (χ4n) is 5.25. The molecule has 0 bridgehead atoms. The number of ether oxygens (including phenoxy) is 1. The number of aliphatic hydroxyl groups is 1. The third kappa shape index (κ3) is 3.76. The molecule has 3 unspecified atom stereocenters. The number of likely N-dealkylation sites (tertiary alicyclic amines) is 1. The second kappa shape index (κ2) is 8.69. The van der Waals surface area contributed by atoms with Gasteiger partial charge in [0.1, 0.15) is 17.6 Å². The van der Waals surface area contributed by atoms with Gasteiger partial charge in [-0.05, 0) is 48.4 Å². The van der Waals surface area contributed by atoms with E-state index >= 15 is 0 Å². The quantitative estimate of drug-likeness (QED) is 0.567. The Labute approximate surface area is 200 Å². The van der Waals surface area contributed by atoms with Crippen molar-refractivity contribution in [2.75, 3.05) is 33.8 Å². The summed E-state index contributed by atoms with van der Waals surface area (Å²) in [6.07, 6.45) is 5.38. The van der Waals surface area contributed by atoms with Gasteiger partial charge in [0.15, 0.2) is 0 Å². The van der Waals surface area contributed by atoms with Crippen LogP contribution in [-0.2, 0) is 15.1 Å². The Hall–Kier alpha value is -2.93. The summed E-state index contributed by atoms with van der Waals surface area (Å²) >= 11 is 0. The summed E-state index contributed by atoms with van der Waals surface area (Å²) in [6, 6.07) is 8.18. The fourth-order valence-corrected chi connectivity index (χ4v) is 5.25. The van der Waals surface area contributed by atoms with Crippen molar-refractivity contribution in [2.24, 2.45) is 16.8 Å². The normalized spacial score (nSPS) is 26.3. The molecule has 9 heteroatoms. The number of aliphatic imine (C=N–C) groups is 1. The van der Waals surface area contributed by atoms with E-state index in [9.17, 15) is 15.2 Å². The van der Waals surface area contributed by atoms with Crippen LogP contribution in [0.2, 0.25) is 0 Å². The topological polar surface area (TPSA) is 104 Å². The molecule has 2 N–H and O–H groups in total. The van der Waals surface area contributed by atoms with Crippen LogP contribution in [0.5, 0.6) is 0 Å². The zero-order valence-corrected chi connectivity index (χ0v) is 19.9. The Morgan fingerprint density at radius 3 is 2.71 bits per heavy atom. The lowest BCUT2D eigenvalue weighted by Crippen LogP contribution is -2.58. The van der Waals surface area contributed by atoms with Crippen molar-refractivity contribution in [3.8, 4) is 6.07 Å². The molecule has 1 aromatic rings. The maximum absolute atomic E-state index is 12.2. The van der Waals surface area contributed by atoms with Crippen LogP contribution in [0.25, 0.3) is 0 Å².